The lowest BCUT2D eigenvalue weighted by molar-refractivity contribution is 0.413. The fourth-order valence-corrected chi connectivity index (χ4v) is 3.47. The van der Waals surface area contributed by atoms with Crippen molar-refractivity contribution < 1.29 is 4.74 Å². The van der Waals surface area contributed by atoms with E-state index in [1.54, 1.807) is 7.11 Å². The predicted molar refractivity (Wildman–Crippen MR) is 82.3 cm³/mol. The van der Waals surface area contributed by atoms with Crippen LogP contribution in [0.4, 0.5) is 0 Å². The summed E-state index contributed by atoms with van der Waals surface area (Å²) in [6.45, 7) is 7.43. The highest BCUT2D eigenvalue weighted by Gasteiger charge is 2.17. The van der Waals surface area contributed by atoms with Crippen LogP contribution in [0.3, 0.4) is 0 Å². The zero-order valence-corrected chi connectivity index (χ0v) is 12.8. The molecule has 19 heavy (non-hydrogen) atoms. The Bertz CT molecular complexity index is 547. The Labute approximate surface area is 119 Å². The number of ether oxygens (including phenoxy) is 1. The normalized spacial score (nSPS) is 12.4. The third-order valence-electron chi connectivity index (χ3n) is 3.18. The van der Waals surface area contributed by atoms with Crippen molar-refractivity contribution >= 4 is 11.3 Å². The number of aryl methyl sites for hydroxylation is 2. The van der Waals surface area contributed by atoms with Gasteiger partial charge in [0.15, 0.2) is 0 Å². The lowest BCUT2D eigenvalue weighted by Crippen LogP contribution is -2.21. The average molecular weight is 275 g/mol. The summed E-state index contributed by atoms with van der Waals surface area (Å²) in [6, 6.07) is 10.8. The molecule has 1 unspecified atom stereocenters. The van der Waals surface area contributed by atoms with Gasteiger partial charge in [0.05, 0.1) is 13.2 Å². The fourth-order valence-electron chi connectivity index (χ4n) is 2.33. The van der Waals surface area contributed by atoms with Gasteiger partial charge in [0.2, 0.25) is 0 Å². The van der Waals surface area contributed by atoms with Crippen molar-refractivity contribution in [3.05, 3.63) is 51.2 Å². The zero-order valence-electron chi connectivity index (χ0n) is 12.0. The van der Waals surface area contributed by atoms with E-state index in [-0.39, 0.29) is 6.04 Å². The number of hydrogen-bond donors (Lipinski definition) is 1. The van der Waals surface area contributed by atoms with Crippen LogP contribution in [0.1, 0.15) is 33.8 Å². The predicted octanol–water partition coefficient (Wildman–Crippen LogP) is 4.07. The van der Waals surface area contributed by atoms with Gasteiger partial charge in [-0.1, -0.05) is 19.1 Å². The van der Waals surface area contributed by atoms with Gasteiger partial charge in [-0.15, -0.1) is 11.3 Å². The molecule has 0 amide bonds. The fraction of sp³-hybridized carbons (Fsp3) is 0.375. The second-order valence-corrected chi connectivity index (χ2v) is 5.96. The van der Waals surface area contributed by atoms with E-state index in [0.29, 0.717) is 0 Å². The second kappa shape index (κ2) is 6.22. The van der Waals surface area contributed by atoms with E-state index >= 15 is 0 Å². The summed E-state index contributed by atoms with van der Waals surface area (Å²) < 4.78 is 5.33. The van der Waals surface area contributed by atoms with Gasteiger partial charge >= 0.3 is 0 Å². The number of benzene rings is 1. The largest absolute Gasteiger partial charge is 0.497 e. The molecule has 3 heteroatoms. The molecule has 0 aliphatic carbocycles. The molecule has 2 nitrogen and oxygen atoms in total. The molecule has 0 aliphatic rings. The Morgan fingerprint density at radius 3 is 2.63 bits per heavy atom. The molecule has 0 saturated heterocycles. The first kappa shape index (κ1) is 14.1. The molecule has 0 saturated carbocycles. The van der Waals surface area contributed by atoms with E-state index < -0.39 is 0 Å². The molecule has 0 aliphatic heterocycles. The SMILES string of the molecule is CCNC(c1cccc(OC)c1)c1sc(C)cc1C. The van der Waals surface area contributed by atoms with Crippen LogP contribution in [0, 0.1) is 13.8 Å². The third kappa shape index (κ3) is 3.17. The first-order chi connectivity index (χ1) is 9.15. The van der Waals surface area contributed by atoms with E-state index in [2.05, 4.69) is 44.3 Å². The minimum atomic E-state index is 0.249. The van der Waals surface area contributed by atoms with E-state index in [9.17, 15) is 0 Å². The minimum absolute atomic E-state index is 0.249. The number of thiophene rings is 1. The first-order valence-electron chi connectivity index (χ1n) is 6.60. The molecule has 0 spiro atoms. The molecule has 0 bridgehead atoms. The van der Waals surface area contributed by atoms with Gasteiger partial charge in [0.25, 0.3) is 0 Å². The molecule has 1 heterocycles. The highest BCUT2D eigenvalue weighted by Crippen LogP contribution is 2.33. The Hall–Kier alpha value is -1.32. The molecular weight excluding hydrogens is 254 g/mol. The molecule has 0 fully saturated rings. The monoisotopic (exact) mass is 275 g/mol. The van der Waals surface area contributed by atoms with Crippen molar-refractivity contribution in [1.29, 1.82) is 0 Å². The quantitative estimate of drug-likeness (QED) is 0.888. The average Bonchev–Trinajstić information content (AvgIpc) is 2.75. The van der Waals surface area contributed by atoms with E-state index in [1.165, 1.54) is 20.9 Å². The van der Waals surface area contributed by atoms with Crippen molar-refractivity contribution in [2.75, 3.05) is 13.7 Å². The van der Waals surface area contributed by atoms with Crippen molar-refractivity contribution in [2.24, 2.45) is 0 Å². The van der Waals surface area contributed by atoms with Crippen molar-refractivity contribution in [3.8, 4) is 5.75 Å². The summed E-state index contributed by atoms with van der Waals surface area (Å²) in [5.74, 6) is 0.909. The molecule has 1 N–H and O–H groups in total. The summed E-state index contributed by atoms with van der Waals surface area (Å²) in [4.78, 5) is 2.76. The van der Waals surface area contributed by atoms with E-state index in [4.69, 9.17) is 4.74 Å². The maximum atomic E-state index is 5.33. The highest BCUT2D eigenvalue weighted by molar-refractivity contribution is 7.12. The summed E-state index contributed by atoms with van der Waals surface area (Å²) in [6.07, 6.45) is 0. The second-order valence-electron chi connectivity index (χ2n) is 4.67. The summed E-state index contributed by atoms with van der Waals surface area (Å²) in [5.41, 5.74) is 2.61. The molecule has 2 aromatic rings. The number of nitrogens with one attached hydrogen (secondary N) is 1. The summed E-state index contributed by atoms with van der Waals surface area (Å²) in [5, 5.41) is 3.58. The number of methoxy groups -OCH3 is 1. The van der Waals surface area contributed by atoms with Gasteiger partial charge < -0.3 is 10.1 Å². The lowest BCUT2D eigenvalue weighted by atomic mass is 10.0. The van der Waals surface area contributed by atoms with E-state index in [1.807, 2.05) is 23.5 Å². The Morgan fingerprint density at radius 2 is 2.05 bits per heavy atom. The van der Waals surface area contributed by atoms with Gasteiger partial charge in [-0.2, -0.15) is 0 Å². The lowest BCUT2D eigenvalue weighted by Gasteiger charge is -2.19. The smallest absolute Gasteiger partial charge is 0.119 e. The standard InChI is InChI=1S/C16H21NOS/c1-5-17-15(16-11(2)9-12(3)19-16)13-7-6-8-14(10-13)18-4/h6-10,15,17H,5H2,1-4H3. The van der Waals surface area contributed by atoms with E-state index in [0.717, 1.165) is 12.3 Å². The zero-order chi connectivity index (χ0) is 13.8. The third-order valence-corrected chi connectivity index (χ3v) is 4.39. The molecule has 1 aromatic carbocycles. The first-order valence-corrected chi connectivity index (χ1v) is 7.41. The molecule has 2 rings (SSSR count). The van der Waals surface area contributed by atoms with Gasteiger partial charge in [-0.25, -0.2) is 0 Å². The maximum absolute atomic E-state index is 5.33. The van der Waals surface area contributed by atoms with Gasteiger partial charge in [0.1, 0.15) is 5.75 Å². The molecule has 0 radical (unpaired) electrons. The Balaban J connectivity index is 2.41. The van der Waals surface area contributed by atoms with Crippen LogP contribution < -0.4 is 10.1 Å². The maximum Gasteiger partial charge on any atom is 0.119 e. The van der Waals surface area contributed by atoms with Gasteiger partial charge in [-0.05, 0) is 49.7 Å². The van der Waals surface area contributed by atoms with Crippen LogP contribution in [0.15, 0.2) is 30.3 Å². The molecule has 1 aromatic heterocycles. The van der Waals surface area contributed by atoms with Crippen LogP contribution in [0.2, 0.25) is 0 Å². The Kier molecular flexibility index (Phi) is 4.61. The van der Waals surface area contributed by atoms with Crippen molar-refractivity contribution in [2.45, 2.75) is 26.8 Å². The van der Waals surface area contributed by atoms with Gasteiger partial charge in [-0.3, -0.25) is 0 Å². The summed E-state index contributed by atoms with van der Waals surface area (Å²) >= 11 is 1.87. The van der Waals surface area contributed by atoms with Crippen LogP contribution in [0.5, 0.6) is 5.75 Å². The van der Waals surface area contributed by atoms with Crippen LogP contribution in [0.25, 0.3) is 0 Å². The highest BCUT2D eigenvalue weighted by atomic mass is 32.1. The van der Waals surface area contributed by atoms with Crippen LogP contribution in [-0.4, -0.2) is 13.7 Å². The number of hydrogen-bond acceptors (Lipinski definition) is 3. The van der Waals surface area contributed by atoms with Crippen molar-refractivity contribution in [3.63, 3.8) is 0 Å². The van der Waals surface area contributed by atoms with Gasteiger partial charge in [0, 0.05) is 9.75 Å². The molecule has 102 valence electrons. The molecular formula is C16H21NOS. The minimum Gasteiger partial charge on any atom is -0.497 e. The summed E-state index contributed by atoms with van der Waals surface area (Å²) in [7, 11) is 1.71. The molecule has 1 atom stereocenters. The van der Waals surface area contributed by atoms with Crippen LogP contribution >= 0.6 is 11.3 Å². The van der Waals surface area contributed by atoms with Crippen LogP contribution in [-0.2, 0) is 0 Å². The topological polar surface area (TPSA) is 21.3 Å². The Morgan fingerprint density at radius 1 is 1.26 bits per heavy atom. The number of rotatable bonds is 5. The van der Waals surface area contributed by atoms with Crippen molar-refractivity contribution in [1.82, 2.24) is 5.32 Å².